The van der Waals surface area contributed by atoms with Crippen molar-refractivity contribution < 1.29 is 9.53 Å². The number of methoxy groups -OCH3 is 1. The monoisotopic (exact) mass is 310 g/mol. The van der Waals surface area contributed by atoms with Gasteiger partial charge in [0.25, 0.3) is 5.91 Å². The minimum absolute atomic E-state index is 0.0595. The Kier molecular flexibility index (Phi) is 4.24. The van der Waals surface area contributed by atoms with Crippen LogP contribution >= 0.6 is 0 Å². The van der Waals surface area contributed by atoms with Crippen molar-refractivity contribution in [3.8, 4) is 5.75 Å². The van der Waals surface area contributed by atoms with Crippen LogP contribution in [0, 0.1) is 6.92 Å². The Balaban J connectivity index is 1.78. The van der Waals surface area contributed by atoms with E-state index in [0.717, 1.165) is 35.5 Å². The van der Waals surface area contributed by atoms with E-state index >= 15 is 0 Å². The Morgan fingerprint density at radius 1 is 1.26 bits per heavy atom. The third kappa shape index (κ3) is 3.16. The maximum atomic E-state index is 12.5. The van der Waals surface area contributed by atoms with Crippen molar-refractivity contribution in [2.75, 3.05) is 19.0 Å². The average Bonchev–Trinajstić information content (AvgIpc) is 3.02. The van der Waals surface area contributed by atoms with Crippen LogP contribution in [0.5, 0.6) is 5.75 Å². The molecule has 0 aromatic heterocycles. The van der Waals surface area contributed by atoms with Gasteiger partial charge in [-0.3, -0.25) is 4.79 Å². The molecular formula is C19H22N2O2. The van der Waals surface area contributed by atoms with E-state index in [-0.39, 0.29) is 11.9 Å². The van der Waals surface area contributed by atoms with Gasteiger partial charge in [-0.1, -0.05) is 17.7 Å². The van der Waals surface area contributed by atoms with Crippen molar-refractivity contribution in [2.45, 2.75) is 26.3 Å². The topological polar surface area (TPSA) is 50.4 Å². The van der Waals surface area contributed by atoms with E-state index in [0.29, 0.717) is 5.56 Å². The number of fused-ring (bicyclic) bond motifs is 1. The molecule has 1 unspecified atom stereocenters. The number of nitrogens with one attached hydrogen (secondary N) is 2. The molecule has 0 spiro atoms. The number of rotatable bonds is 4. The van der Waals surface area contributed by atoms with Crippen LogP contribution in [-0.2, 0) is 6.42 Å². The van der Waals surface area contributed by atoms with E-state index in [1.165, 1.54) is 5.56 Å². The fourth-order valence-corrected chi connectivity index (χ4v) is 3.00. The largest absolute Gasteiger partial charge is 0.496 e. The molecule has 0 bridgehead atoms. The second kappa shape index (κ2) is 6.32. The maximum absolute atomic E-state index is 12.5. The summed E-state index contributed by atoms with van der Waals surface area (Å²) >= 11 is 0. The van der Waals surface area contributed by atoms with Gasteiger partial charge >= 0.3 is 0 Å². The molecule has 1 aliphatic heterocycles. The number of hydrogen-bond donors (Lipinski definition) is 2. The van der Waals surface area contributed by atoms with Gasteiger partial charge in [-0.25, -0.2) is 0 Å². The highest BCUT2D eigenvalue weighted by Crippen LogP contribution is 2.27. The molecule has 23 heavy (non-hydrogen) atoms. The van der Waals surface area contributed by atoms with Crippen LogP contribution in [0.3, 0.4) is 0 Å². The molecule has 2 aromatic carbocycles. The highest BCUT2D eigenvalue weighted by Gasteiger charge is 2.17. The summed E-state index contributed by atoms with van der Waals surface area (Å²) < 4.78 is 5.41. The Morgan fingerprint density at radius 3 is 2.87 bits per heavy atom. The summed E-state index contributed by atoms with van der Waals surface area (Å²) in [6, 6.07) is 11.7. The van der Waals surface area contributed by atoms with E-state index in [1.807, 2.05) is 44.2 Å². The standard InChI is InChI=1S/C19H22N2O2/c1-12-4-7-18(23-3)16(10-12)13(2)21-19(22)15-5-6-17-14(11-15)8-9-20-17/h4-7,10-11,13,20H,8-9H2,1-3H3,(H,21,22). The third-order valence-electron chi connectivity index (χ3n) is 4.28. The number of anilines is 1. The fourth-order valence-electron chi connectivity index (χ4n) is 3.00. The minimum Gasteiger partial charge on any atom is -0.496 e. The van der Waals surface area contributed by atoms with E-state index in [2.05, 4.69) is 16.7 Å². The second-order valence-electron chi connectivity index (χ2n) is 5.99. The summed E-state index contributed by atoms with van der Waals surface area (Å²) in [5.41, 5.74) is 5.17. The normalized spacial score (nSPS) is 13.9. The highest BCUT2D eigenvalue weighted by molar-refractivity contribution is 5.95. The predicted molar refractivity (Wildman–Crippen MR) is 92.2 cm³/mol. The van der Waals surface area contributed by atoms with Crippen LogP contribution in [0.4, 0.5) is 5.69 Å². The lowest BCUT2D eigenvalue weighted by molar-refractivity contribution is 0.0939. The second-order valence-corrected chi connectivity index (χ2v) is 5.99. The zero-order chi connectivity index (χ0) is 16.4. The van der Waals surface area contributed by atoms with Gasteiger partial charge in [-0.05, 0) is 50.1 Å². The molecular weight excluding hydrogens is 288 g/mol. The van der Waals surface area contributed by atoms with Crippen LogP contribution in [0.1, 0.15) is 40.0 Å². The van der Waals surface area contributed by atoms with Gasteiger partial charge in [0.1, 0.15) is 5.75 Å². The van der Waals surface area contributed by atoms with Crippen LogP contribution in [-0.4, -0.2) is 19.6 Å². The van der Waals surface area contributed by atoms with Crippen LogP contribution in [0.15, 0.2) is 36.4 Å². The molecule has 0 radical (unpaired) electrons. The van der Waals surface area contributed by atoms with E-state index in [4.69, 9.17) is 4.74 Å². The molecule has 120 valence electrons. The van der Waals surface area contributed by atoms with Gasteiger partial charge in [0, 0.05) is 23.4 Å². The molecule has 1 atom stereocenters. The number of ether oxygens (including phenoxy) is 1. The van der Waals surface area contributed by atoms with E-state index in [9.17, 15) is 4.79 Å². The molecule has 2 aromatic rings. The Bertz CT molecular complexity index is 740. The smallest absolute Gasteiger partial charge is 0.251 e. The first-order valence-corrected chi connectivity index (χ1v) is 7.90. The molecule has 1 aliphatic rings. The van der Waals surface area contributed by atoms with Crippen molar-refractivity contribution in [1.29, 1.82) is 0 Å². The first-order chi connectivity index (χ1) is 11.1. The molecule has 4 nitrogen and oxygen atoms in total. The summed E-state index contributed by atoms with van der Waals surface area (Å²) in [4.78, 5) is 12.5. The molecule has 0 aliphatic carbocycles. The van der Waals surface area contributed by atoms with Gasteiger partial charge in [-0.15, -0.1) is 0 Å². The van der Waals surface area contributed by atoms with Crippen LogP contribution < -0.4 is 15.4 Å². The van der Waals surface area contributed by atoms with Crippen molar-refractivity contribution in [3.05, 3.63) is 58.7 Å². The molecule has 0 saturated heterocycles. The van der Waals surface area contributed by atoms with Crippen molar-refractivity contribution in [2.24, 2.45) is 0 Å². The highest BCUT2D eigenvalue weighted by atomic mass is 16.5. The fraction of sp³-hybridized carbons (Fsp3) is 0.316. The zero-order valence-corrected chi connectivity index (χ0v) is 13.8. The number of aryl methyl sites for hydroxylation is 1. The average molecular weight is 310 g/mol. The van der Waals surface area contributed by atoms with Gasteiger partial charge in [0.05, 0.1) is 13.2 Å². The van der Waals surface area contributed by atoms with E-state index in [1.54, 1.807) is 7.11 Å². The molecule has 4 heteroatoms. The predicted octanol–water partition coefficient (Wildman–Crippen LogP) is 3.46. The molecule has 0 fully saturated rings. The van der Waals surface area contributed by atoms with Crippen molar-refractivity contribution in [3.63, 3.8) is 0 Å². The first-order valence-electron chi connectivity index (χ1n) is 7.90. The number of benzene rings is 2. The number of hydrogen-bond acceptors (Lipinski definition) is 3. The van der Waals surface area contributed by atoms with Crippen LogP contribution in [0.2, 0.25) is 0 Å². The Morgan fingerprint density at radius 2 is 2.09 bits per heavy atom. The lowest BCUT2D eigenvalue weighted by Crippen LogP contribution is -2.27. The van der Waals surface area contributed by atoms with Gasteiger partial charge in [0.2, 0.25) is 0 Å². The summed E-state index contributed by atoms with van der Waals surface area (Å²) in [5, 5.41) is 6.37. The quantitative estimate of drug-likeness (QED) is 0.909. The lowest BCUT2D eigenvalue weighted by atomic mass is 10.0. The SMILES string of the molecule is COc1ccc(C)cc1C(C)NC(=O)c1ccc2c(c1)CCN2. The van der Waals surface area contributed by atoms with Crippen molar-refractivity contribution >= 4 is 11.6 Å². The molecule has 0 saturated carbocycles. The summed E-state index contributed by atoms with van der Waals surface area (Å²) in [6.45, 7) is 4.95. The lowest BCUT2D eigenvalue weighted by Gasteiger charge is -2.18. The molecule has 1 heterocycles. The summed E-state index contributed by atoms with van der Waals surface area (Å²) in [7, 11) is 1.65. The first kappa shape index (κ1) is 15.4. The maximum Gasteiger partial charge on any atom is 0.251 e. The zero-order valence-electron chi connectivity index (χ0n) is 13.8. The van der Waals surface area contributed by atoms with E-state index < -0.39 is 0 Å². The summed E-state index contributed by atoms with van der Waals surface area (Å²) in [5.74, 6) is 0.734. The van der Waals surface area contributed by atoms with Gasteiger partial charge < -0.3 is 15.4 Å². The molecule has 1 amide bonds. The van der Waals surface area contributed by atoms with Crippen molar-refractivity contribution in [1.82, 2.24) is 5.32 Å². The summed E-state index contributed by atoms with van der Waals surface area (Å²) in [6.07, 6.45) is 0.970. The molecule has 2 N–H and O–H groups in total. The number of amides is 1. The molecule has 3 rings (SSSR count). The van der Waals surface area contributed by atoms with Gasteiger partial charge in [-0.2, -0.15) is 0 Å². The number of carbonyl (C=O) groups is 1. The number of carbonyl (C=O) groups excluding carboxylic acids is 1. The van der Waals surface area contributed by atoms with Gasteiger partial charge in [0.15, 0.2) is 0 Å². The third-order valence-corrected chi connectivity index (χ3v) is 4.28. The Hall–Kier alpha value is -2.49. The Labute approximate surface area is 136 Å². The minimum atomic E-state index is -0.122. The van der Waals surface area contributed by atoms with Crippen LogP contribution in [0.25, 0.3) is 0 Å².